The summed E-state index contributed by atoms with van der Waals surface area (Å²) in [4.78, 5) is 50.6. The Morgan fingerprint density at radius 1 is 1.09 bits per heavy atom. The van der Waals surface area contributed by atoms with Crippen molar-refractivity contribution in [2.45, 2.75) is 44.6 Å². The number of hydrogen-bond acceptors (Lipinski definition) is 5. The van der Waals surface area contributed by atoms with Crippen molar-refractivity contribution in [1.82, 2.24) is 25.2 Å². The summed E-state index contributed by atoms with van der Waals surface area (Å²) in [7, 11) is 0. The lowest BCUT2D eigenvalue weighted by Gasteiger charge is -2.34. The van der Waals surface area contributed by atoms with E-state index in [0.29, 0.717) is 36.0 Å². The van der Waals surface area contributed by atoms with Gasteiger partial charge in [0.2, 0.25) is 0 Å². The minimum Gasteiger partial charge on any atom is -0.349 e. The molecule has 1 aliphatic carbocycles. The van der Waals surface area contributed by atoms with Gasteiger partial charge in [0, 0.05) is 31.5 Å². The van der Waals surface area contributed by atoms with Gasteiger partial charge in [-0.1, -0.05) is 31.4 Å². The van der Waals surface area contributed by atoms with Crippen LogP contribution in [0.2, 0.25) is 0 Å². The van der Waals surface area contributed by atoms with E-state index in [1.807, 2.05) is 4.90 Å². The molecule has 2 N–H and O–H groups in total. The van der Waals surface area contributed by atoms with Crippen LogP contribution in [0.15, 0.2) is 53.6 Å². The number of benzene rings is 1. The summed E-state index contributed by atoms with van der Waals surface area (Å²) in [6.07, 6.45) is 9.31. The van der Waals surface area contributed by atoms with E-state index in [4.69, 9.17) is 0 Å². The van der Waals surface area contributed by atoms with Gasteiger partial charge in [-0.05, 0) is 43.5 Å². The van der Waals surface area contributed by atoms with Gasteiger partial charge in [-0.25, -0.2) is 4.98 Å². The van der Waals surface area contributed by atoms with Crippen LogP contribution >= 0.6 is 0 Å². The first kappa shape index (κ1) is 21.7. The SMILES string of the molecule is O=C(NCCCN(C(=O)c1cccnc1)C1CCCCC1)c1nc2ccccc2c(=O)[nH]1. The fraction of sp³-hybridized carbons (Fsp3) is 0.375. The highest BCUT2D eigenvalue weighted by Gasteiger charge is 2.26. The molecule has 2 amide bonds. The molecule has 1 fully saturated rings. The number of aromatic amines is 1. The normalized spacial score (nSPS) is 14.2. The van der Waals surface area contributed by atoms with Crippen LogP contribution in [0, 0.1) is 0 Å². The Morgan fingerprint density at radius 3 is 2.69 bits per heavy atom. The van der Waals surface area contributed by atoms with Gasteiger partial charge in [0.05, 0.1) is 16.5 Å². The third kappa shape index (κ3) is 5.01. The minimum absolute atomic E-state index is 0.00993. The maximum absolute atomic E-state index is 13.1. The third-order valence-corrected chi connectivity index (χ3v) is 5.87. The maximum atomic E-state index is 13.1. The van der Waals surface area contributed by atoms with Crippen LogP contribution in [0.25, 0.3) is 10.9 Å². The van der Waals surface area contributed by atoms with Gasteiger partial charge in [-0.15, -0.1) is 0 Å². The number of carbonyl (C=O) groups excluding carboxylic acids is 2. The summed E-state index contributed by atoms with van der Waals surface area (Å²) >= 11 is 0. The Hall–Kier alpha value is -3.55. The second-order valence-corrected chi connectivity index (χ2v) is 8.07. The van der Waals surface area contributed by atoms with Crippen LogP contribution in [0.3, 0.4) is 0 Å². The second kappa shape index (κ2) is 10.2. The molecule has 0 bridgehead atoms. The van der Waals surface area contributed by atoms with Crippen LogP contribution in [0.5, 0.6) is 0 Å². The highest BCUT2D eigenvalue weighted by atomic mass is 16.2. The van der Waals surface area contributed by atoms with Crippen LogP contribution in [0.1, 0.15) is 59.5 Å². The quantitative estimate of drug-likeness (QED) is 0.557. The number of aromatic nitrogens is 3. The number of para-hydroxylation sites is 1. The Kier molecular flexibility index (Phi) is 6.89. The fourth-order valence-corrected chi connectivity index (χ4v) is 4.23. The molecule has 1 saturated carbocycles. The minimum atomic E-state index is -0.435. The van der Waals surface area contributed by atoms with E-state index in [-0.39, 0.29) is 23.3 Å². The molecule has 1 aliphatic rings. The number of nitrogens with zero attached hydrogens (tertiary/aromatic N) is 3. The molecule has 166 valence electrons. The predicted molar refractivity (Wildman–Crippen MR) is 121 cm³/mol. The van der Waals surface area contributed by atoms with Crippen LogP contribution < -0.4 is 10.9 Å². The summed E-state index contributed by atoms with van der Waals surface area (Å²) in [5, 5.41) is 3.25. The van der Waals surface area contributed by atoms with E-state index >= 15 is 0 Å². The van der Waals surface area contributed by atoms with Crippen LogP contribution in [0.4, 0.5) is 0 Å². The molecule has 8 nitrogen and oxygen atoms in total. The lowest BCUT2D eigenvalue weighted by atomic mass is 9.93. The standard InChI is InChI=1S/C24H27N5O3/c30-22-19-11-4-5-12-20(19)27-21(28-22)23(31)26-14-7-15-29(18-9-2-1-3-10-18)24(32)17-8-6-13-25-16-17/h4-6,8,11-13,16,18H,1-3,7,9-10,14-15H2,(H,26,31)(H,27,28,30). The van der Waals surface area contributed by atoms with E-state index in [1.165, 1.54) is 6.42 Å². The zero-order valence-corrected chi connectivity index (χ0v) is 17.9. The zero-order chi connectivity index (χ0) is 22.3. The zero-order valence-electron chi connectivity index (χ0n) is 17.9. The summed E-state index contributed by atoms with van der Waals surface area (Å²) in [6, 6.07) is 10.7. The summed E-state index contributed by atoms with van der Waals surface area (Å²) in [6.45, 7) is 0.916. The summed E-state index contributed by atoms with van der Waals surface area (Å²) in [5.74, 6) is -0.461. The molecule has 0 spiro atoms. The Bertz CT molecular complexity index is 1140. The molecule has 2 heterocycles. The Morgan fingerprint density at radius 2 is 1.91 bits per heavy atom. The number of H-pyrrole nitrogens is 1. The number of nitrogens with one attached hydrogen (secondary N) is 2. The molecule has 0 aliphatic heterocycles. The molecule has 0 unspecified atom stereocenters. The third-order valence-electron chi connectivity index (χ3n) is 5.87. The first-order chi connectivity index (χ1) is 15.6. The van der Waals surface area contributed by atoms with Crippen molar-refractivity contribution in [2.24, 2.45) is 0 Å². The van der Waals surface area contributed by atoms with E-state index in [2.05, 4.69) is 20.3 Å². The first-order valence-electron chi connectivity index (χ1n) is 11.1. The summed E-state index contributed by atoms with van der Waals surface area (Å²) in [5.41, 5.74) is 0.721. The van der Waals surface area contributed by atoms with Crippen molar-refractivity contribution in [3.8, 4) is 0 Å². The molecule has 0 atom stereocenters. The Labute approximate surface area is 186 Å². The average molecular weight is 434 g/mol. The van der Waals surface area contributed by atoms with Gasteiger partial charge < -0.3 is 15.2 Å². The summed E-state index contributed by atoms with van der Waals surface area (Å²) < 4.78 is 0. The second-order valence-electron chi connectivity index (χ2n) is 8.07. The van der Waals surface area contributed by atoms with Gasteiger partial charge in [0.15, 0.2) is 5.82 Å². The molecule has 8 heteroatoms. The number of hydrogen-bond donors (Lipinski definition) is 2. The van der Waals surface area contributed by atoms with E-state index in [1.54, 1.807) is 48.8 Å². The number of carbonyl (C=O) groups is 2. The monoisotopic (exact) mass is 433 g/mol. The van der Waals surface area contributed by atoms with Crippen LogP contribution in [-0.4, -0.2) is 50.8 Å². The highest BCUT2D eigenvalue weighted by Crippen LogP contribution is 2.24. The smallest absolute Gasteiger partial charge is 0.287 e. The van der Waals surface area contributed by atoms with Crippen LogP contribution in [-0.2, 0) is 0 Å². The molecular weight excluding hydrogens is 406 g/mol. The molecule has 4 rings (SSSR count). The van der Waals surface area contributed by atoms with Crippen molar-refractivity contribution < 1.29 is 9.59 Å². The van der Waals surface area contributed by atoms with Gasteiger partial charge >= 0.3 is 0 Å². The molecule has 2 aromatic heterocycles. The topological polar surface area (TPSA) is 108 Å². The maximum Gasteiger partial charge on any atom is 0.287 e. The molecular formula is C24H27N5O3. The van der Waals surface area contributed by atoms with Crippen molar-refractivity contribution >= 4 is 22.7 Å². The lowest BCUT2D eigenvalue weighted by molar-refractivity contribution is 0.0630. The lowest BCUT2D eigenvalue weighted by Crippen LogP contribution is -2.43. The number of rotatable bonds is 7. The highest BCUT2D eigenvalue weighted by molar-refractivity contribution is 5.94. The van der Waals surface area contributed by atoms with Crippen molar-refractivity contribution in [2.75, 3.05) is 13.1 Å². The molecule has 0 saturated heterocycles. The Balaban J connectivity index is 1.38. The number of amides is 2. The largest absolute Gasteiger partial charge is 0.349 e. The number of fused-ring (bicyclic) bond motifs is 1. The first-order valence-corrected chi connectivity index (χ1v) is 11.1. The fourth-order valence-electron chi connectivity index (χ4n) is 4.23. The predicted octanol–water partition coefficient (Wildman–Crippen LogP) is 2.91. The van der Waals surface area contributed by atoms with Gasteiger partial charge in [-0.2, -0.15) is 0 Å². The molecule has 32 heavy (non-hydrogen) atoms. The van der Waals surface area contributed by atoms with E-state index in [9.17, 15) is 14.4 Å². The van der Waals surface area contributed by atoms with Crippen molar-refractivity contribution in [1.29, 1.82) is 0 Å². The molecule has 1 aromatic carbocycles. The van der Waals surface area contributed by atoms with Gasteiger partial charge in [0.25, 0.3) is 17.4 Å². The van der Waals surface area contributed by atoms with Gasteiger partial charge in [0.1, 0.15) is 0 Å². The molecule has 0 radical (unpaired) electrons. The van der Waals surface area contributed by atoms with Crippen molar-refractivity contribution in [3.63, 3.8) is 0 Å². The number of pyridine rings is 1. The van der Waals surface area contributed by atoms with Crippen molar-refractivity contribution in [3.05, 3.63) is 70.5 Å². The van der Waals surface area contributed by atoms with E-state index < -0.39 is 5.91 Å². The van der Waals surface area contributed by atoms with E-state index in [0.717, 1.165) is 25.7 Å². The van der Waals surface area contributed by atoms with Gasteiger partial charge in [-0.3, -0.25) is 19.4 Å². The average Bonchev–Trinajstić information content (AvgIpc) is 2.84. The molecule has 3 aromatic rings.